The number of rotatable bonds is 3. The molecule has 7 heteroatoms. The van der Waals surface area contributed by atoms with Crippen molar-refractivity contribution >= 4 is 22.8 Å². The average molecular weight is 318 g/mol. The molecule has 1 aromatic carbocycles. The zero-order chi connectivity index (χ0) is 15.9. The summed E-state index contributed by atoms with van der Waals surface area (Å²) in [6.45, 7) is 3.84. The summed E-state index contributed by atoms with van der Waals surface area (Å²) >= 11 is 1.41. The van der Waals surface area contributed by atoms with Crippen LogP contribution in [0.2, 0.25) is 0 Å². The molecule has 0 aliphatic rings. The van der Waals surface area contributed by atoms with Crippen molar-refractivity contribution in [2.45, 2.75) is 25.0 Å². The van der Waals surface area contributed by atoms with Crippen molar-refractivity contribution in [2.75, 3.05) is 6.26 Å². The maximum absolute atomic E-state index is 13.2. The topological polar surface area (TPSA) is 52.7 Å². The lowest BCUT2D eigenvalue weighted by atomic mass is 10.3. The van der Waals surface area contributed by atoms with E-state index in [1.165, 1.54) is 23.9 Å². The fourth-order valence-corrected chi connectivity index (χ4v) is 2.71. The van der Waals surface area contributed by atoms with Crippen LogP contribution in [0.5, 0.6) is 0 Å². The summed E-state index contributed by atoms with van der Waals surface area (Å²) in [6, 6.07) is 5.94. The molecule has 114 valence electrons. The lowest BCUT2D eigenvalue weighted by Crippen LogP contribution is -2.24. The molecule has 5 nitrogen and oxygen atoms in total. The number of nitrogens with zero attached hydrogens (tertiary/aromatic N) is 4. The van der Waals surface area contributed by atoms with E-state index in [4.69, 9.17) is 0 Å². The largest absolute Gasteiger partial charge is 0.278 e. The van der Waals surface area contributed by atoms with Gasteiger partial charge in [-0.1, -0.05) is 11.8 Å². The highest BCUT2D eigenvalue weighted by Crippen LogP contribution is 2.20. The second-order valence-corrected chi connectivity index (χ2v) is 5.90. The minimum absolute atomic E-state index is 0.0653. The molecule has 0 aliphatic carbocycles. The Morgan fingerprint density at radius 2 is 1.91 bits per heavy atom. The van der Waals surface area contributed by atoms with Gasteiger partial charge in [-0.25, -0.2) is 23.7 Å². The van der Waals surface area contributed by atoms with Crippen LogP contribution in [-0.2, 0) is 0 Å². The second kappa shape index (κ2) is 5.57. The smallest absolute Gasteiger partial charge is 0.267 e. The Bertz CT molecular complexity index is 883. The van der Waals surface area contributed by atoms with Gasteiger partial charge >= 0.3 is 0 Å². The Labute approximate surface area is 130 Å². The van der Waals surface area contributed by atoms with Crippen LogP contribution in [0.15, 0.2) is 40.4 Å². The molecule has 0 saturated carbocycles. The first-order valence-electron chi connectivity index (χ1n) is 6.83. The van der Waals surface area contributed by atoms with E-state index in [2.05, 4.69) is 9.97 Å². The van der Waals surface area contributed by atoms with Crippen LogP contribution in [0.25, 0.3) is 16.7 Å². The van der Waals surface area contributed by atoms with Gasteiger partial charge in [0.2, 0.25) is 0 Å². The van der Waals surface area contributed by atoms with E-state index in [0.29, 0.717) is 21.9 Å². The maximum atomic E-state index is 13.2. The van der Waals surface area contributed by atoms with E-state index < -0.39 is 0 Å². The summed E-state index contributed by atoms with van der Waals surface area (Å²) in [5.74, 6) is -0.321. The van der Waals surface area contributed by atoms with Gasteiger partial charge in [-0.15, -0.1) is 0 Å². The van der Waals surface area contributed by atoms with Crippen molar-refractivity contribution in [3.8, 4) is 5.69 Å². The van der Waals surface area contributed by atoms with Gasteiger partial charge in [-0.05, 0) is 44.4 Å². The van der Waals surface area contributed by atoms with Gasteiger partial charge in [0.25, 0.3) is 5.56 Å². The molecule has 0 fully saturated rings. The highest BCUT2D eigenvalue weighted by molar-refractivity contribution is 7.98. The molecule has 0 radical (unpaired) electrons. The highest BCUT2D eigenvalue weighted by Gasteiger charge is 2.18. The zero-order valence-electron chi connectivity index (χ0n) is 12.4. The third-order valence-electron chi connectivity index (χ3n) is 3.34. The van der Waals surface area contributed by atoms with E-state index in [-0.39, 0.29) is 17.4 Å². The first-order valence-corrected chi connectivity index (χ1v) is 8.05. The lowest BCUT2D eigenvalue weighted by Gasteiger charge is -2.15. The normalized spacial score (nSPS) is 11.5. The summed E-state index contributed by atoms with van der Waals surface area (Å²) in [7, 11) is 0. The van der Waals surface area contributed by atoms with Crippen LogP contribution in [-0.4, -0.2) is 25.6 Å². The number of fused-ring (bicyclic) bond motifs is 1. The summed E-state index contributed by atoms with van der Waals surface area (Å²) < 4.78 is 16.5. The summed E-state index contributed by atoms with van der Waals surface area (Å²) in [6.07, 6.45) is 3.43. The minimum atomic E-state index is -0.321. The van der Waals surface area contributed by atoms with Gasteiger partial charge in [-0.3, -0.25) is 4.79 Å². The number of hydrogen-bond donors (Lipinski definition) is 0. The molecule has 0 aliphatic heterocycles. The molecule has 3 aromatic rings. The van der Waals surface area contributed by atoms with Crippen LogP contribution in [0.1, 0.15) is 19.9 Å². The number of hydrogen-bond acceptors (Lipinski definition) is 4. The van der Waals surface area contributed by atoms with Crippen molar-refractivity contribution in [1.82, 2.24) is 19.3 Å². The van der Waals surface area contributed by atoms with E-state index in [1.54, 1.807) is 27.7 Å². The van der Waals surface area contributed by atoms with E-state index in [9.17, 15) is 9.18 Å². The Kier molecular flexibility index (Phi) is 3.74. The van der Waals surface area contributed by atoms with E-state index in [0.717, 1.165) is 0 Å². The van der Waals surface area contributed by atoms with Crippen LogP contribution in [0.4, 0.5) is 4.39 Å². The Morgan fingerprint density at radius 1 is 1.23 bits per heavy atom. The van der Waals surface area contributed by atoms with Gasteiger partial charge < -0.3 is 0 Å². The molecule has 0 N–H and O–H groups in total. The van der Waals surface area contributed by atoms with Crippen LogP contribution in [0, 0.1) is 5.82 Å². The van der Waals surface area contributed by atoms with Gasteiger partial charge in [-0.2, -0.15) is 0 Å². The molecule has 2 aromatic heterocycles. The fraction of sp³-hybridized carbons (Fsp3) is 0.267. The molecule has 2 heterocycles. The zero-order valence-corrected chi connectivity index (χ0v) is 13.3. The highest BCUT2D eigenvalue weighted by atomic mass is 32.2. The first kappa shape index (κ1) is 14.8. The molecule has 0 spiro atoms. The quantitative estimate of drug-likeness (QED) is 0.550. The predicted molar refractivity (Wildman–Crippen MR) is 85.2 cm³/mol. The van der Waals surface area contributed by atoms with Gasteiger partial charge in [0.1, 0.15) is 11.2 Å². The molecule has 0 unspecified atom stereocenters. The number of aromatic nitrogens is 4. The van der Waals surface area contributed by atoms with E-state index >= 15 is 0 Å². The predicted octanol–water partition coefficient (Wildman–Crippen LogP) is 3.02. The minimum Gasteiger partial charge on any atom is -0.267 e. The molecule has 0 atom stereocenters. The van der Waals surface area contributed by atoms with Crippen molar-refractivity contribution in [3.05, 3.63) is 46.6 Å². The van der Waals surface area contributed by atoms with Crippen molar-refractivity contribution in [3.63, 3.8) is 0 Å². The first-order chi connectivity index (χ1) is 10.5. The number of halogens is 1. The number of benzene rings is 1. The maximum Gasteiger partial charge on any atom is 0.278 e. The van der Waals surface area contributed by atoms with Crippen LogP contribution >= 0.6 is 11.8 Å². The molecule has 0 saturated heterocycles. The van der Waals surface area contributed by atoms with Gasteiger partial charge in [0.05, 0.1) is 5.69 Å². The van der Waals surface area contributed by atoms with Crippen LogP contribution < -0.4 is 5.56 Å². The molecular formula is C15H15FN4OS. The van der Waals surface area contributed by atoms with Gasteiger partial charge in [0.15, 0.2) is 10.8 Å². The number of thioether (sulfide) groups is 1. The summed E-state index contributed by atoms with van der Waals surface area (Å²) in [5.41, 5.74) is 1.07. The molecule has 0 bridgehead atoms. The summed E-state index contributed by atoms with van der Waals surface area (Å²) in [5, 5.41) is 1.04. The second-order valence-electron chi connectivity index (χ2n) is 5.13. The summed E-state index contributed by atoms with van der Waals surface area (Å²) in [4.78, 5) is 21.2. The van der Waals surface area contributed by atoms with Crippen molar-refractivity contribution in [2.24, 2.45) is 0 Å². The Balaban J connectivity index is 2.41. The molecule has 0 amide bonds. The molecular weight excluding hydrogens is 303 g/mol. The third-order valence-corrected chi connectivity index (χ3v) is 3.91. The Morgan fingerprint density at radius 3 is 2.50 bits per heavy atom. The lowest BCUT2D eigenvalue weighted by molar-refractivity contribution is 0.475. The monoisotopic (exact) mass is 318 g/mol. The average Bonchev–Trinajstić information content (AvgIpc) is 2.80. The molecule has 3 rings (SSSR count). The standard InChI is InChI=1S/C15H15FN4OS/c1-9(2)19-14(21)12-8-17-15(22-3)18-13(12)20(19)11-6-4-10(16)5-7-11/h4-9H,1-3H3. The fourth-order valence-electron chi connectivity index (χ4n) is 2.38. The Hall–Kier alpha value is -2.15. The molecule has 22 heavy (non-hydrogen) atoms. The third kappa shape index (κ3) is 2.31. The SMILES string of the molecule is CSc1ncc2c(=O)n(C(C)C)n(-c3ccc(F)cc3)c2n1. The van der Waals surface area contributed by atoms with E-state index in [1.807, 2.05) is 20.1 Å². The van der Waals surface area contributed by atoms with Crippen molar-refractivity contribution < 1.29 is 4.39 Å². The van der Waals surface area contributed by atoms with Gasteiger partial charge in [0, 0.05) is 12.2 Å². The van der Waals surface area contributed by atoms with Crippen molar-refractivity contribution in [1.29, 1.82) is 0 Å². The van der Waals surface area contributed by atoms with Crippen LogP contribution in [0.3, 0.4) is 0 Å².